The number of aromatic nitrogens is 2. The average Bonchev–Trinajstić information content (AvgIpc) is 3.14. The Morgan fingerprint density at radius 2 is 1.73 bits per heavy atom. The number of carbonyl (C=O) groups excluding carboxylic acids is 2. The molecule has 1 aromatic heterocycles. The summed E-state index contributed by atoms with van der Waals surface area (Å²) in [6, 6.07) is 17.4. The maximum absolute atomic E-state index is 12.1. The summed E-state index contributed by atoms with van der Waals surface area (Å²) < 4.78 is 1.82. The van der Waals surface area contributed by atoms with Gasteiger partial charge in [0.05, 0.1) is 12.2 Å². The van der Waals surface area contributed by atoms with Gasteiger partial charge in [-0.2, -0.15) is 5.10 Å². The molecule has 2 N–H and O–H groups in total. The van der Waals surface area contributed by atoms with Gasteiger partial charge >= 0.3 is 0 Å². The lowest BCUT2D eigenvalue weighted by molar-refractivity contribution is -0.119. The lowest BCUT2D eigenvalue weighted by Crippen LogP contribution is -2.32. The molecule has 0 aliphatic rings. The lowest BCUT2D eigenvalue weighted by atomic mass is 10.1. The quantitative estimate of drug-likeness (QED) is 0.430. The normalized spacial score (nSPS) is 10.9. The van der Waals surface area contributed by atoms with Gasteiger partial charge in [0.25, 0.3) is 0 Å². The topological polar surface area (TPSA) is 76.0 Å². The van der Waals surface area contributed by atoms with Gasteiger partial charge in [0.1, 0.15) is 0 Å². The van der Waals surface area contributed by atoms with Gasteiger partial charge in [-0.3, -0.25) is 14.3 Å². The molecule has 0 aliphatic heterocycles. The van der Waals surface area contributed by atoms with Crippen LogP contribution in [0.25, 0.3) is 17.3 Å². The molecule has 30 heavy (non-hydrogen) atoms. The molecule has 0 bridgehead atoms. The van der Waals surface area contributed by atoms with Gasteiger partial charge < -0.3 is 10.6 Å². The van der Waals surface area contributed by atoms with Gasteiger partial charge in [0.2, 0.25) is 11.8 Å². The molecule has 0 saturated heterocycles. The van der Waals surface area contributed by atoms with Crippen LogP contribution in [0, 0.1) is 0 Å². The minimum Gasteiger partial charge on any atom is -0.355 e. The van der Waals surface area contributed by atoms with Crippen molar-refractivity contribution >= 4 is 29.5 Å². The molecule has 7 heteroatoms. The van der Waals surface area contributed by atoms with E-state index in [2.05, 4.69) is 10.6 Å². The van der Waals surface area contributed by atoms with E-state index in [1.807, 2.05) is 65.5 Å². The van der Waals surface area contributed by atoms with Crippen LogP contribution in [0.2, 0.25) is 5.02 Å². The van der Waals surface area contributed by atoms with Crippen molar-refractivity contribution < 1.29 is 9.59 Å². The van der Waals surface area contributed by atoms with Crippen molar-refractivity contribution in [3.63, 3.8) is 0 Å². The Morgan fingerprint density at radius 1 is 1.03 bits per heavy atom. The van der Waals surface area contributed by atoms with E-state index in [4.69, 9.17) is 16.7 Å². The average molecular weight is 423 g/mol. The predicted octanol–water partition coefficient (Wildman–Crippen LogP) is 3.52. The molecular formula is C23H23ClN4O2. The first kappa shape index (κ1) is 21.3. The molecule has 0 fully saturated rings. The Morgan fingerprint density at radius 3 is 2.47 bits per heavy atom. The largest absolute Gasteiger partial charge is 0.355 e. The number of rotatable bonds is 8. The van der Waals surface area contributed by atoms with E-state index in [1.165, 1.54) is 13.0 Å². The van der Waals surface area contributed by atoms with Crippen molar-refractivity contribution in [3.05, 3.63) is 83.0 Å². The molecular weight excluding hydrogens is 400 g/mol. The monoisotopic (exact) mass is 422 g/mol. The van der Waals surface area contributed by atoms with Gasteiger partial charge in [0, 0.05) is 48.4 Å². The lowest BCUT2D eigenvalue weighted by Gasteiger charge is -2.04. The number of hydrogen-bond acceptors (Lipinski definition) is 3. The van der Waals surface area contributed by atoms with Crippen LogP contribution in [0.4, 0.5) is 0 Å². The highest BCUT2D eigenvalue weighted by Crippen LogP contribution is 2.24. The maximum atomic E-state index is 12.1. The van der Waals surface area contributed by atoms with Crippen molar-refractivity contribution in [2.75, 3.05) is 13.1 Å². The standard InChI is InChI=1S/C23H23ClN4O2/c1-17(29)25-13-14-26-22(30)12-11-20-16-28(15-19-9-5-6-10-21(19)24)27-23(20)18-7-3-2-4-8-18/h2-12,16H,13-15H2,1H3,(H,25,29)(H,26,30)/b12-11+. The van der Waals surface area contributed by atoms with Gasteiger partial charge in [-0.25, -0.2) is 0 Å². The molecule has 2 aromatic carbocycles. The molecule has 0 spiro atoms. The Kier molecular flexibility index (Phi) is 7.40. The second-order valence-electron chi connectivity index (χ2n) is 6.70. The summed E-state index contributed by atoms with van der Waals surface area (Å²) in [7, 11) is 0. The number of nitrogens with one attached hydrogen (secondary N) is 2. The molecule has 3 rings (SSSR count). The van der Waals surface area contributed by atoms with Gasteiger partial charge in [-0.05, 0) is 17.7 Å². The summed E-state index contributed by atoms with van der Waals surface area (Å²) in [4.78, 5) is 23.0. The Hall–Kier alpha value is -3.38. The molecule has 154 valence electrons. The van der Waals surface area contributed by atoms with Gasteiger partial charge in [-0.1, -0.05) is 60.1 Å². The minimum atomic E-state index is -0.238. The highest BCUT2D eigenvalue weighted by molar-refractivity contribution is 6.31. The predicted molar refractivity (Wildman–Crippen MR) is 119 cm³/mol. The van der Waals surface area contributed by atoms with E-state index in [0.29, 0.717) is 24.7 Å². The third-order valence-corrected chi connectivity index (χ3v) is 4.71. The van der Waals surface area contributed by atoms with Crippen molar-refractivity contribution in [2.24, 2.45) is 0 Å². The van der Waals surface area contributed by atoms with E-state index >= 15 is 0 Å². The summed E-state index contributed by atoms with van der Waals surface area (Å²) >= 11 is 6.29. The highest BCUT2D eigenvalue weighted by Gasteiger charge is 2.11. The van der Waals surface area contributed by atoms with Crippen LogP contribution in [-0.4, -0.2) is 34.7 Å². The highest BCUT2D eigenvalue weighted by atomic mass is 35.5. The van der Waals surface area contributed by atoms with E-state index in [0.717, 1.165) is 22.4 Å². The SMILES string of the molecule is CC(=O)NCCNC(=O)/C=C/c1cn(Cc2ccccc2Cl)nc1-c1ccccc1. The van der Waals surface area contributed by atoms with Crippen molar-refractivity contribution in [3.8, 4) is 11.3 Å². The molecule has 6 nitrogen and oxygen atoms in total. The third-order valence-electron chi connectivity index (χ3n) is 4.34. The van der Waals surface area contributed by atoms with Crippen molar-refractivity contribution in [2.45, 2.75) is 13.5 Å². The number of halogens is 1. The number of carbonyl (C=O) groups is 2. The molecule has 1 heterocycles. The number of hydrogen-bond donors (Lipinski definition) is 2. The second kappa shape index (κ2) is 10.4. The van der Waals surface area contributed by atoms with Crippen LogP contribution in [0.15, 0.2) is 66.9 Å². The fraction of sp³-hybridized carbons (Fsp3) is 0.174. The molecule has 3 aromatic rings. The van der Waals surface area contributed by atoms with Crippen LogP contribution in [0.1, 0.15) is 18.1 Å². The number of benzene rings is 2. The summed E-state index contributed by atoms with van der Waals surface area (Å²) in [5, 5.41) is 10.8. The van der Waals surface area contributed by atoms with Crippen LogP contribution in [0.3, 0.4) is 0 Å². The first-order chi connectivity index (χ1) is 14.5. The van der Waals surface area contributed by atoms with Crippen LogP contribution < -0.4 is 10.6 Å². The molecule has 2 amide bonds. The zero-order chi connectivity index (χ0) is 21.3. The second-order valence-corrected chi connectivity index (χ2v) is 7.10. The van der Waals surface area contributed by atoms with Crippen molar-refractivity contribution in [1.29, 1.82) is 0 Å². The smallest absolute Gasteiger partial charge is 0.244 e. The van der Waals surface area contributed by atoms with E-state index in [1.54, 1.807) is 6.08 Å². The van der Waals surface area contributed by atoms with Crippen LogP contribution in [0.5, 0.6) is 0 Å². The zero-order valence-corrected chi connectivity index (χ0v) is 17.4. The summed E-state index contributed by atoms with van der Waals surface area (Å²) in [5.41, 5.74) is 3.53. The molecule has 0 atom stereocenters. The van der Waals surface area contributed by atoms with Gasteiger partial charge in [-0.15, -0.1) is 0 Å². The molecule has 0 aliphatic carbocycles. The van der Waals surface area contributed by atoms with E-state index < -0.39 is 0 Å². The number of nitrogens with zero attached hydrogens (tertiary/aromatic N) is 2. The number of amides is 2. The Bertz CT molecular complexity index is 1040. The molecule has 0 unspecified atom stereocenters. The summed E-state index contributed by atoms with van der Waals surface area (Å²) in [6.07, 6.45) is 5.11. The molecule has 0 radical (unpaired) electrons. The van der Waals surface area contributed by atoms with Crippen molar-refractivity contribution in [1.82, 2.24) is 20.4 Å². The van der Waals surface area contributed by atoms with E-state index in [-0.39, 0.29) is 11.8 Å². The molecule has 0 saturated carbocycles. The maximum Gasteiger partial charge on any atom is 0.244 e. The fourth-order valence-corrected chi connectivity index (χ4v) is 3.11. The van der Waals surface area contributed by atoms with Crippen LogP contribution >= 0.6 is 11.6 Å². The Labute approximate surface area is 180 Å². The summed E-state index contributed by atoms with van der Waals surface area (Å²) in [6.45, 7) is 2.71. The van der Waals surface area contributed by atoms with Crippen LogP contribution in [-0.2, 0) is 16.1 Å². The Balaban J connectivity index is 1.78. The minimum absolute atomic E-state index is 0.127. The van der Waals surface area contributed by atoms with E-state index in [9.17, 15) is 9.59 Å². The first-order valence-electron chi connectivity index (χ1n) is 9.59. The van der Waals surface area contributed by atoms with Gasteiger partial charge in [0.15, 0.2) is 0 Å². The first-order valence-corrected chi connectivity index (χ1v) is 9.97. The third kappa shape index (κ3) is 6.06. The summed E-state index contributed by atoms with van der Waals surface area (Å²) in [5.74, 6) is -0.364. The fourth-order valence-electron chi connectivity index (χ4n) is 2.91. The zero-order valence-electron chi connectivity index (χ0n) is 16.6.